The summed E-state index contributed by atoms with van der Waals surface area (Å²) in [5.74, 6) is 1.38. The van der Waals surface area contributed by atoms with E-state index in [0.717, 1.165) is 31.6 Å². The third-order valence-electron chi connectivity index (χ3n) is 4.30. The predicted molar refractivity (Wildman–Crippen MR) is 88.2 cm³/mol. The van der Waals surface area contributed by atoms with Gasteiger partial charge in [-0.1, -0.05) is 0 Å². The number of carbonyl (C=O) groups is 1. The molecular weight excluding hydrogens is 294 g/mol. The number of likely N-dealkylation sites (tertiary alicyclic amines) is 1. The second-order valence-corrected chi connectivity index (χ2v) is 6.06. The number of piperidine rings is 1. The maximum Gasteiger partial charge on any atom is 0.242 e. The monoisotopic (exact) mass is 317 g/mol. The van der Waals surface area contributed by atoms with Crippen LogP contribution in [0.4, 0.5) is 5.82 Å². The molecule has 1 aliphatic heterocycles. The van der Waals surface area contributed by atoms with Crippen LogP contribution in [-0.4, -0.2) is 71.0 Å². The Labute approximate surface area is 135 Å². The average molecular weight is 317 g/mol. The zero-order valence-corrected chi connectivity index (χ0v) is 13.6. The van der Waals surface area contributed by atoms with Crippen LogP contribution in [0.1, 0.15) is 12.8 Å². The van der Waals surface area contributed by atoms with Gasteiger partial charge in [0.2, 0.25) is 5.91 Å². The molecule has 8 heteroatoms. The van der Waals surface area contributed by atoms with Crippen LogP contribution in [0.2, 0.25) is 0 Å². The van der Waals surface area contributed by atoms with Crippen LogP contribution in [0.3, 0.4) is 0 Å². The molecule has 2 N–H and O–H groups in total. The lowest BCUT2D eigenvalue weighted by Gasteiger charge is -2.34. The van der Waals surface area contributed by atoms with Crippen molar-refractivity contribution in [2.75, 3.05) is 45.2 Å². The summed E-state index contributed by atoms with van der Waals surface area (Å²) in [4.78, 5) is 32.0. The van der Waals surface area contributed by atoms with E-state index in [4.69, 9.17) is 0 Å². The summed E-state index contributed by atoms with van der Waals surface area (Å²) in [5.41, 5.74) is 1.37. The molecule has 1 amide bonds. The zero-order chi connectivity index (χ0) is 16.2. The number of nitrogens with one attached hydrogen (secondary N) is 2. The van der Waals surface area contributed by atoms with Crippen LogP contribution in [0.15, 0.2) is 12.7 Å². The van der Waals surface area contributed by atoms with Gasteiger partial charge in [0.15, 0.2) is 11.5 Å². The molecule has 23 heavy (non-hydrogen) atoms. The number of carbonyl (C=O) groups excluding carboxylic acids is 1. The fraction of sp³-hybridized carbons (Fsp3) is 0.600. The molecule has 0 aliphatic carbocycles. The fourth-order valence-corrected chi connectivity index (χ4v) is 3.17. The van der Waals surface area contributed by atoms with E-state index in [0.29, 0.717) is 23.9 Å². The number of likely N-dealkylation sites (N-methyl/N-ethyl adjacent to an activating group) is 1. The van der Waals surface area contributed by atoms with E-state index >= 15 is 0 Å². The van der Waals surface area contributed by atoms with Crippen molar-refractivity contribution in [3.8, 4) is 0 Å². The molecule has 1 fully saturated rings. The number of hydrogen-bond acceptors (Lipinski definition) is 6. The molecule has 3 rings (SSSR count). The summed E-state index contributed by atoms with van der Waals surface area (Å²) in [6, 6.07) is 0. The van der Waals surface area contributed by atoms with Gasteiger partial charge in [0.1, 0.15) is 11.8 Å². The summed E-state index contributed by atoms with van der Waals surface area (Å²) in [5, 5.41) is 3.20. The SMILES string of the molecule is CNCC1CCCN(C(=O)CN(C)c2ncnc3nc[nH]c23)C1. The van der Waals surface area contributed by atoms with Crippen molar-refractivity contribution in [1.29, 1.82) is 0 Å². The lowest BCUT2D eigenvalue weighted by Crippen LogP contribution is -2.46. The van der Waals surface area contributed by atoms with E-state index in [2.05, 4.69) is 25.3 Å². The van der Waals surface area contributed by atoms with Gasteiger partial charge in [-0.3, -0.25) is 4.79 Å². The number of hydrogen-bond donors (Lipinski definition) is 2. The average Bonchev–Trinajstić information content (AvgIpc) is 3.03. The van der Waals surface area contributed by atoms with E-state index in [9.17, 15) is 4.79 Å². The molecule has 0 bridgehead atoms. The van der Waals surface area contributed by atoms with E-state index < -0.39 is 0 Å². The van der Waals surface area contributed by atoms with Crippen LogP contribution in [0, 0.1) is 5.92 Å². The molecule has 1 atom stereocenters. The zero-order valence-electron chi connectivity index (χ0n) is 13.6. The van der Waals surface area contributed by atoms with Crippen molar-refractivity contribution in [3.05, 3.63) is 12.7 Å². The maximum absolute atomic E-state index is 12.6. The number of imidazole rings is 1. The van der Waals surface area contributed by atoms with Crippen LogP contribution in [0.25, 0.3) is 11.2 Å². The Morgan fingerprint density at radius 2 is 2.35 bits per heavy atom. The Balaban J connectivity index is 1.66. The van der Waals surface area contributed by atoms with Crippen molar-refractivity contribution >= 4 is 22.9 Å². The standard InChI is InChI=1S/C15H23N7O/c1-16-6-11-4-3-5-22(7-11)12(23)8-21(2)15-13-14(18-9-17-13)19-10-20-15/h9-11,16H,3-8H2,1-2H3,(H,17,18,19,20). The molecule has 2 aromatic rings. The second kappa shape index (κ2) is 6.91. The number of amides is 1. The van der Waals surface area contributed by atoms with E-state index in [-0.39, 0.29) is 5.91 Å². The topological polar surface area (TPSA) is 90.0 Å². The lowest BCUT2D eigenvalue weighted by atomic mass is 9.98. The molecule has 0 aromatic carbocycles. The number of aromatic nitrogens is 4. The minimum absolute atomic E-state index is 0.139. The van der Waals surface area contributed by atoms with Gasteiger partial charge in [-0.05, 0) is 32.4 Å². The van der Waals surface area contributed by atoms with Gasteiger partial charge in [0, 0.05) is 20.1 Å². The van der Waals surface area contributed by atoms with Crippen molar-refractivity contribution in [1.82, 2.24) is 30.2 Å². The summed E-state index contributed by atoms with van der Waals surface area (Å²) in [7, 11) is 3.83. The Morgan fingerprint density at radius 1 is 1.48 bits per heavy atom. The van der Waals surface area contributed by atoms with Gasteiger partial charge in [0.05, 0.1) is 12.9 Å². The van der Waals surface area contributed by atoms with Gasteiger partial charge >= 0.3 is 0 Å². The molecule has 8 nitrogen and oxygen atoms in total. The minimum Gasteiger partial charge on any atom is -0.348 e. The number of fused-ring (bicyclic) bond motifs is 1. The third kappa shape index (κ3) is 3.42. The van der Waals surface area contributed by atoms with Crippen LogP contribution in [-0.2, 0) is 4.79 Å². The summed E-state index contributed by atoms with van der Waals surface area (Å²) >= 11 is 0. The predicted octanol–water partition coefficient (Wildman–Crippen LogP) is 0.247. The summed E-state index contributed by atoms with van der Waals surface area (Å²) in [6.07, 6.45) is 5.32. The van der Waals surface area contributed by atoms with Gasteiger partial charge in [-0.2, -0.15) is 0 Å². The Kier molecular flexibility index (Phi) is 4.71. The first-order valence-corrected chi connectivity index (χ1v) is 7.96. The molecular formula is C15H23N7O. The number of aromatic amines is 1. The third-order valence-corrected chi connectivity index (χ3v) is 4.30. The van der Waals surface area contributed by atoms with Gasteiger partial charge in [0.25, 0.3) is 0 Å². The Morgan fingerprint density at radius 3 is 3.17 bits per heavy atom. The molecule has 0 spiro atoms. The smallest absolute Gasteiger partial charge is 0.242 e. The van der Waals surface area contributed by atoms with E-state index in [1.165, 1.54) is 12.7 Å². The first-order valence-electron chi connectivity index (χ1n) is 7.96. The second-order valence-electron chi connectivity index (χ2n) is 6.06. The Hall–Kier alpha value is -2.22. The van der Waals surface area contributed by atoms with Crippen LogP contribution >= 0.6 is 0 Å². The van der Waals surface area contributed by atoms with Crippen molar-refractivity contribution in [2.24, 2.45) is 5.92 Å². The van der Waals surface area contributed by atoms with Gasteiger partial charge in [-0.25, -0.2) is 15.0 Å². The van der Waals surface area contributed by atoms with E-state index in [1.54, 1.807) is 6.33 Å². The number of H-pyrrole nitrogens is 1. The lowest BCUT2D eigenvalue weighted by molar-refractivity contribution is -0.131. The van der Waals surface area contributed by atoms with Gasteiger partial charge in [-0.15, -0.1) is 0 Å². The van der Waals surface area contributed by atoms with Gasteiger partial charge < -0.3 is 20.1 Å². The normalized spacial score (nSPS) is 18.3. The highest BCUT2D eigenvalue weighted by Gasteiger charge is 2.24. The van der Waals surface area contributed by atoms with E-state index in [1.807, 2.05) is 23.9 Å². The quantitative estimate of drug-likeness (QED) is 0.821. The first kappa shape index (κ1) is 15.7. The molecule has 124 valence electrons. The van der Waals surface area contributed by atoms with Crippen molar-refractivity contribution in [2.45, 2.75) is 12.8 Å². The molecule has 1 unspecified atom stereocenters. The number of nitrogens with zero attached hydrogens (tertiary/aromatic N) is 5. The summed E-state index contributed by atoms with van der Waals surface area (Å²) in [6.45, 7) is 2.94. The van der Waals surface area contributed by atoms with Crippen LogP contribution in [0.5, 0.6) is 0 Å². The number of rotatable bonds is 5. The largest absolute Gasteiger partial charge is 0.348 e. The summed E-state index contributed by atoms with van der Waals surface area (Å²) < 4.78 is 0. The number of anilines is 1. The Bertz CT molecular complexity index is 669. The van der Waals surface area contributed by atoms with Crippen molar-refractivity contribution in [3.63, 3.8) is 0 Å². The maximum atomic E-state index is 12.6. The fourth-order valence-electron chi connectivity index (χ4n) is 3.17. The molecule has 1 aliphatic rings. The van der Waals surface area contributed by atoms with Crippen LogP contribution < -0.4 is 10.2 Å². The molecule has 3 heterocycles. The molecule has 0 radical (unpaired) electrons. The highest BCUT2D eigenvalue weighted by atomic mass is 16.2. The first-order chi connectivity index (χ1) is 11.2. The molecule has 2 aromatic heterocycles. The van der Waals surface area contributed by atoms with Crippen molar-refractivity contribution < 1.29 is 4.79 Å². The minimum atomic E-state index is 0.139. The molecule has 0 saturated carbocycles. The highest BCUT2D eigenvalue weighted by molar-refractivity contribution is 5.87. The highest BCUT2D eigenvalue weighted by Crippen LogP contribution is 2.19. The molecule has 1 saturated heterocycles.